The van der Waals surface area contributed by atoms with Crippen LogP contribution in [-0.4, -0.2) is 22.4 Å². The highest BCUT2D eigenvalue weighted by Gasteiger charge is 2.60. The molecular formula is C20H32O2. The van der Waals surface area contributed by atoms with E-state index in [0.717, 1.165) is 32.1 Å². The highest BCUT2D eigenvalue weighted by Crippen LogP contribution is 2.63. The molecule has 124 valence electrons. The highest BCUT2D eigenvalue weighted by atomic mass is 16.3. The third-order valence-corrected chi connectivity index (χ3v) is 7.41. The Morgan fingerprint density at radius 3 is 2.45 bits per heavy atom. The molecule has 22 heavy (non-hydrogen) atoms. The van der Waals surface area contributed by atoms with Gasteiger partial charge in [-0.1, -0.05) is 39.8 Å². The van der Waals surface area contributed by atoms with Crippen LogP contribution in [0, 0.1) is 28.1 Å². The Balaban J connectivity index is 2.07. The molecule has 2 heteroatoms. The van der Waals surface area contributed by atoms with Gasteiger partial charge in [-0.25, -0.2) is 0 Å². The van der Waals surface area contributed by atoms with E-state index in [0.29, 0.717) is 11.8 Å². The predicted molar refractivity (Wildman–Crippen MR) is 90.4 cm³/mol. The Labute approximate surface area is 135 Å². The zero-order valence-electron chi connectivity index (χ0n) is 14.6. The summed E-state index contributed by atoms with van der Waals surface area (Å²) in [7, 11) is 0. The van der Waals surface area contributed by atoms with E-state index in [4.69, 9.17) is 0 Å². The maximum absolute atomic E-state index is 10.9. The van der Waals surface area contributed by atoms with Crippen LogP contribution in [0.15, 0.2) is 24.3 Å². The van der Waals surface area contributed by atoms with Crippen molar-refractivity contribution in [1.29, 1.82) is 0 Å². The van der Waals surface area contributed by atoms with E-state index >= 15 is 0 Å². The molecule has 0 unspecified atom stereocenters. The Morgan fingerprint density at radius 2 is 1.82 bits per heavy atom. The van der Waals surface area contributed by atoms with Gasteiger partial charge in [0.2, 0.25) is 0 Å². The number of aliphatic hydroxyl groups excluding tert-OH is 2. The zero-order valence-corrected chi connectivity index (χ0v) is 14.6. The van der Waals surface area contributed by atoms with Gasteiger partial charge in [-0.2, -0.15) is 0 Å². The molecule has 3 aliphatic carbocycles. The minimum atomic E-state index is -0.354. The second-order valence-corrected chi connectivity index (χ2v) is 9.16. The maximum Gasteiger partial charge on any atom is 0.0756 e. The van der Waals surface area contributed by atoms with E-state index in [9.17, 15) is 10.2 Å². The minimum absolute atomic E-state index is 0.00878. The highest BCUT2D eigenvalue weighted by molar-refractivity contribution is 5.30. The van der Waals surface area contributed by atoms with Gasteiger partial charge >= 0.3 is 0 Å². The van der Waals surface area contributed by atoms with E-state index < -0.39 is 0 Å². The second-order valence-electron chi connectivity index (χ2n) is 9.16. The molecule has 0 radical (unpaired) electrons. The van der Waals surface area contributed by atoms with E-state index in [1.165, 1.54) is 5.57 Å². The van der Waals surface area contributed by atoms with E-state index in [1.54, 1.807) is 0 Å². The van der Waals surface area contributed by atoms with Crippen molar-refractivity contribution in [3.8, 4) is 0 Å². The quantitative estimate of drug-likeness (QED) is 0.717. The summed E-state index contributed by atoms with van der Waals surface area (Å²) in [5.41, 5.74) is 1.25. The lowest BCUT2D eigenvalue weighted by Crippen LogP contribution is -2.59. The van der Waals surface area contributed by atoms with Gasteiger partial charge in [0, 0.05) is 10.8 Å². The van der Waals surface area contributed by atoms with Gasteiger partial charge in [-0.05, 0) is 54.9 Å². The Hall–Kier alpha value is -0.600. The first kappa shape index (κ1) is 16.3. The van der Waals surface area contributed by atoms with Crippen LogP contribution in [0.25, 0.3) is 0 Å². The molecule has 0 bridgehead atoms. The van der Waals surface area contributed by atoms with Gasteiger partial charge in [-0.3, -0.25) is 0 Å². The van der Waals surface area contributed by atoms with Crippen LogP contribution >= 0.6 is 0 Å². The lowest BCUT2D eigenvalue weighted by atomic mass is 9.44. The molecule has 0 aliphatic heterocycles. The SMILES string of the molecule is C=C[C@]1(C)C=C2[C@H](O)C[C@H]3C(C)(C)CC[C@@H](O)[C@]3(C)[C@H]2CC1. The number of fused-ring (bicyclic) bond motifs is 3. The number of allylic oxidation sites excluding steroid dienone is 2. The molecule has 2 N–H and O–H groups in total. The largest absolute Gasteiger partial charge is 0.393 e. The maximum atomic E-state index is 10.9. The molecule has 0 heterocycles. The average molecular weight is 304 g/mol. The summed E-state index contributed by atoms with van der Waals surface area (Å²) >= 11 is 0. The Morgan fingerprint density at radius 1 is 1.14 bits per heavy atom. The van der Waals surface area contributed by atoms with Crippen LogP contribution in [0.5, 0.6) is 0 Å². The Bertz CT molecular complexity index is 506. The van der Waals surface area contributed by atoms with Crippen molar-refractivity contribution in [3.63, 3.8) is 0 Å². The van der Waals surface area contributed by atoms with E-state index in [2.05, 4.69) is 40.3 Å². The first-order chi connectivity index (χ1) is 10.1. The van der Waals surface area contributed by atoms with Crippen LogP contribution in [0.4, 0.5) is 0 Å². The summed E-state index contributed by atoms with van der Waals surface area (Å²) in [6, 6.07) is 0. The molecule has 0 aromatic carbocycles. The van der Waals surface area contributed by atoms with Gasteiger partial charge in [0.05, 0.1) is 12.2 Å². The van der Waals surface area contributed by atoms with Crippen LogP contribution in [-0.2, 0) is 0 Å². The van der Waals surface area contributed by atoms with E-state index in [1.807, 2.05) is 6.08 Å². The second kappa shape index (κ2) is 4.95. The first-order valence-corrected chi connectivity index (χ1v) is 8.86. The van der Waals surface area contributed by atoms with Crippen LogP contribution < -0.4 is 0 Å². The molecular weight excluding hydrogens is 272 g/mol. The van der Waals surface area contributed by atoms with Gasteiger partial charge in [-0.15, -0.1) is 6.58 Å². The number of hydrogen-bond donors (Lipinski definition) is 2. The third-order valence-electron chi connectivity index (χ3n) is 7.41. The fraction of sp³-hybridized carbons (Fsp3) is 0.800. The standard InChI is InChI=1S/C20H32O2/c1-6-19(4)10-7-14-13(12-19)15(21)11-16-18(2,3)9-8-17(22)20(14,16)5/h6,12,14-17,21-22H,1,7-11H2,2-5H3/t14-,15+,16-,17+,19-,20+/m0/s1. The molecule has 6 atom stereocenters. The van der Waals surface area contributed by atoms with Crippen molar-refractivity contribution in [2.24, 2.45) is 28.1 Å². The molecule has 2 fully saturated rings. The molecule has 0 amide bonds. The van der Waals surface area contributed by atoms with Crippen molar-refractivity contribution in [2.75, 3.05) is 0 Å². The van der Waals surface area contributed by atoms with Gasteiger partial charge in [0.25, 0.3) is 0 Å². The summed E-state index contributed by atoms with van der Waals surface area (Å²) in [4.78, 5) is 0. The Kier molecular flexibility index (Phi) is 3.66. The summed E-state index contributed by atoms with van der Waals surface area (Å²) in [6.45, 7) is 13.1. The van der Waals surface area contributed by atoms with Crippen molar-refractivity contribution in [3.05, 3.63) is 24.3 Å². The molecule has 0 aromatic rings. The molecule has 2 saturated carbocycles. The van der Waals surface area contributed by atoms with Crippen molar-refractivity contribution >= 4 is 0 Å². The van der Waals surface area contributed by atoms with Gasteiger partial charge < -0.3 is 10.2 Å². The first-order valence-electron chi connectivity index (χ1n) is 8.86. The summed E-state index contributed by atoms with van der Waals surface area (Å²) < 4.78 is 0. The third kappa shape index (κ3) is 2.14. The van der Waals surface area contributed by atoms with Crippen LogP contribution in [0.3, 0.4) is 0 Å². The normalized spacial score (nSPS) is 50.5. The molecule has 3 rings (SSSR count). The molecule has 0 aromatic heterocycles. The molecule has 0 saturated heterocycles. The van der Waals surface area contributed by atoms with E-state index in [-0.39, 0.29) is 28.5 Å². The molecule has 3 aliphatic rings. The predicted octanol–water partition coefficient (Wildman–Crippen LogP) is 4.08. The average Bonchev–Trinajstić information content (AvgIpc) is 2.47. The summed E-state index contributed by atoms with van der Waals surface area (Å²) in [5.74, 6) is 0.692. The number of hydrogen-bond acceptors (Lipinski definition) is 2. The topological polar surface area (TPSA) is 40.5 Å². The lowest BCUT2D eigenvalue weighted by Gasteiger charge is -2.62. The number of rotatable bonds is 1. The van der Waals surface area contributed by atoms with Crippen LogP contribution in [0.2, 0.25) is 0 Å². The smallest absolute Gasteiger partial charge is 0.0756 e. The van der Waals surface area contributed by atoms with Crippen molar-refractivity contribution in [1.82, 2.24) is 0 Å². The van der Waals surface area contributed by atoms with Gasteiger partial charge in [0.15, 0.2) is 0 Å². The zero-order chi connectivity index (χ0) is 16.3. The summed E-state index contributed by atoms with van der Waals surface area (Å²) in [5, 5.41) is 21.7. The fourth-order valence-corrected chi connectivity index (χ4v) is 5.81. The van der Waals surface area contributed by atoms with Crippen molar-refractivity contribution in [2.45, 2.75) is 72.0 Å². The monoisotopic (exact) mass is 304 g/mol. The molecule has 0 spiro atoms. The fourth-order valence-electron chi connectivity index (χ4n) is 5.81. The van der Waals surface area contributed by atoms with Crippen molar-refractivity contribution < 1.29 is 10.2 Å². The van der Waals surface area contributed by atoms with Gasteiger partial charge in [0.1, 0.15) is 0 Å². The minimum Gasteiger partial charge on any atom is -0.393 e. The number of aliphatic hydroxyl groups is 2. The molecule has 2 nitrogen and oxygen atoms in total. The van der Waals surface area contributed by atoms with Crippen LogP contribution in [0.1, 0.15) is 59.8 Å². The lowest BCUT2D eigenvalue weighted by molar-refractivity contribution is -0.157. The summed E-state index contributed by atoms with van der Waals surface area (Å²) in [6.07, 6.45) is 8.50.